The standard InChI is InChI=1S/C31H47N/c1-26(2)14-10-15-27(3)16-11-17-28(4)18-12-19-29(5)20-13-21-30(6)32-25-24-31-22-8-7-9-23-31/h7-9,14,16,18,20,22-23H,10-13,15,17,19,21,24-25H2,1-6H3/b27-16+,28-18+,29-20+,32-30?. The van der Waals surface area contributed by atoms with Gasteiger partial charge in [-0.25, -0.2) is 0 Å². The van der Waals surface area contributed by atoms with Gasteiger partial charge in [0.15, 0.2) is 0 Å². The molecule has 0 aliphatic rings. The lowest BCUT2D eigenvalue weighted by Crippen LogP contribution is -1.96. The summed E-state index contributed by atoms with van der Waals surface area (Å²) >= 11 is 0. The highest BCUT2D eigenvalue weighted by molar-refractivity contribution is 5.82. The Morgan fingerprint density at radius 2 is 1.09 bits per heavy atom. The second-order valence-electron chi connectivity index (χ2n) is 9.44. The van der Waals surface area contributed by atoms with Crippen LogP contribution in [-0.2, 0) is 6.42 Å². The van der Waals surface area contributed by atoms with E-state index in [9.17, 15) is 0 Å². The van der Waals surface area contributed by atoms with Gasteiger partial charge in [0.05, 0.1) is 0 Å². The van der Waals surface area contributed by atoms with Crippen LogP contribution in [0.2, 0.25) is 0 Å². The number of aliphatic imine (C=N–C) groups is 1. The van der Waals surface area contributed by atoms with E-state index in [0.717, 1.165) is 32.2 Å². The van der Waals surface area contributed by atoms with Gasteiger partial charge in [-0.05, 0) is 105 Å². The zero-order valence-corrected chi connectivity index (χ0v) is 21.7. The zero-order chi connectivity index (χ0) is 23.6. The van der Waals surface area contributed by atoms with E-state index in [4.69, 9.17) is 4.99 Å². The van der Waals surface area contributed by atoms with Gasteiger partial charge in [0.2, 0.25) is 0 Å². The van der Waals surface area contributed by atoms with E-state index in [1.165, 1.54) is 65.7 Å². The second kappa shape index (κ2) is 17.4. The summed E-state index contributed by atoms with van der Waals surface area (Å²) in [5, 5.41) is 0. The van der Waals surface area contributed by atoms with Crippen LogP contribution in [0.15, 0.2) is 81.9 Å². The number of rotatable bonds is 15. The lowest BCUT2D eigenvalue weighted by atomic mass is 10.0. The maximum Gasteiger partial charge on any atom is 0.0428 e. The summed E-state index contributed by atoms with van der Waals surface area (Å²) < 4.78 is 0. The molecule has 0 N–H and O–H groups in total. The van der Waals surface area contributed by atoms with Crippen molar-refractivity contribution in [1.29, 1.82) is 0 Å². The summed E-state index contributed by atoms with van der Waals surface area (Å²) in [4.78, 5) is 4.74. The Kier molecular flexibility index (Phi) is 15.2. The second-order valence-corrected chi connectivity index (χ2v) is 9.44. The van der Waals surface area contributed by atoms with E-state index in [-0.39, 0.29) is 0 Å². The average molecular weight is 434 g/mol. The molecule has 0 spiro atoms. The Morgan fingerprint density at radius 3 is 1.59 bits per heavy atom. The molecule has 0 saturated heterocycles. The molecule has 0 aliphatic carbocycles. The van der Waals surface area contributed by atoms with E-state index >= 15 is 0 Å². The van der Waals surface area contributed by atoms with Crippen LogP contribution in [0.25, 0.3) is 0 Å². The predicted octanol–water partition coefficient (Wildman–Crippen LogP) is 9.62. The first kappa shape index (κ1) is 27.9. The monoisotopic (exact) mass is 433 g/mol. The summed E-state index contributed by atoms with van der Waals surface area (Å²) in [7, 11) is 0. The summed E-state index contributed by atoms with van der Waals surface area (Å²) in [5.74, 6) is 0. The lowest BCUT2D eigenvalue weighted by molar-refractivity contribution is 0.895. The van der Waals surface area contributed by atoms with Crippen LogP contribution in [0.3, 0.4) is 0 Å². The molecule has 0 radical (unpaired) electrons. The van der Waals surface area contributed by atoms with Gasteiger partial charge >= 0.3 is 0 Å². The minimum Gasteiger partial charge on any atom is -0.294 e. The van der Waals surface area contributed by atoms with E-state index in [1.807, 2.05) is 0 Å². The van der Waals surface area contributed by atoms with Crippen molar-refractivity contribution in [3.8, 4) is 0 Å². The Balaban J connectivity index is 2.20. The van der Waals surface area contributed by atoms with Crippen molar-refractivity contribution < 1.29 is 0 Å². The fraction of sp³-hybridized carbons (Fsp3) is 0.516. The fourth-order valence-corrected chi connectivity index (χ4v) is 3.61. The maximum atomic E-state index is 4.74. The first-order valence-electron chi connectivity index (χ1n) is 12.5. The molecule has 0 aliphatic heterocycles. The van der Waals surface area contributed by atoms with E-state index in [1.54, 1.807) is 0 Å². The van der Waals surface area contributed by atoms with Gasteiger partial charge in [-0.15, -0.1) is 0 Å². The third-order valence-corrected chi connectivity index (χ3v) is 5.78. The van der Waals surface area contributed by atoms with Crippen LogP contribution in [0.5, 0.6) is 0 Å². The Hall–Kier alpha value is -2.15. The van der Waals surface area contributed by atoms with Crippen LogP contribution in [0.4, 0.5) is 0 Å². The van der Waals surface area contributed by atoms with Crippen molar-refractivity contribution in [1.82, 2.24) is 0 Å². The normalized spacial score (nSPS) is 13.4. The number of hydrogen-bond acceptors (Lipinski definition) is 1. The first-order valence-corrected chi connectivity index (χ1v) is 12.5. The van der Waals surface area contributed by atoms with Gasteiger partial charge in [0.1, 0.15) is 0 Å². The third-order valence-electron chi connectivity index (χ3n) is 5.78. The van der Waals surface area contributed by atoms with Crippen molar-refractivity contribution in [2.75, 3.05) is 6.54 Å². The molecule has 1 rings (SSSR count). The molecular weight excluding hydrogens is 386 g/mol. The summed E-state index contributed by atoms with van der Waals surface area (Å²) in [5.41, 5.74) is 8.60. The minimum absolute atomic E-state index is 0.896. The molecule has 0 aromatic heterocycles. The highest BCUT2D eigenvalue weighted by Crippen LogP contribution is 2.14. The van der Waals surface area contributed by atoms with Gasteiger partial charge in [0, 0.05) is 12.3 Å². The molecular formula is C31H47N. The van der Waals surface area contributed by atoms with E-state index in [0.29, 0.717) is 0 Å². The first-order chi connectivity index (χ1) is 15.4. The number of nitrogens with zero attached hydrogens (tertiary/aromatic N) is 1. The maximum absolute atomic E-state index is 4.74. The quantitative estimate of drug-likeness (QED) is 0.193. The topological polar surface area (TPSA) is 12.4 Å². The van der Waals surface area contributed by atoms with Crippen LogP contribution in [0, 0.1) is 0 Å². The molecule has 32 heavy (non-hydrogen) atoms. The van der Waals surface area contributed by atoms with E-state index < -0.39 is 0 Å². The highest BCUT2D eigenvalue weighted by atomic mass is 14.7. The number of allylic oxidation sites excluding steroid dienone is 8. The minimum atomic E-state index is 0.896. The molecule has 0 fully saturated rings. The summed E-state index contributed by atoms with van der Waals surface area (Å²) in [6, 6.07) is 10.6. The van der Waals surface area contributed by atoms with Gasteiger partial charge < -0.3 is 0 Å². The number of hydrogen-bond donors (Lipinski definition) is 0. The smallest absolute Gasteiger partial charge is 0.0428 e. The van der Waals surface area contributed by atoms with Crippen molar-refractivity contribution in [2.24, 2.45) is 4.99 Å². The van der Waals surface area contributed by atoms with Crippen molar-refractivity contribution in [3.05, 3.63) is 82.5 Å². The molecule has 1 aromatic carbocycles. The molecule has 0 amide bonds. The molecule has 1 heteroatoms. The Labute approximate surface area is 199 Å². The molecule has 0 saturated carbocycles. The Morgan fingerprint density at radius 1 is 0.625 bits per heavy atom. The summed E-state index contributed by atoms with van der Waals surface area (Å²) in [6.07, 6.45) is 19.8. The van der Waals surface area contributed by atoms with Crippen LogP contribution < -0.4 is 0 Å². The average Bonchev–Trinajstić information content (AvgIpc) is 2.74. The van der Waals surface area contributed by atoms with Crippen molar-refractivity contribution in [3.63, 3.8) is 0 Å². The summed E-state index contributed by atoms with van der Waals surface area (Å²) in [6.45, 7) is 14.2. The van der Waals surface area contributed by atoms with Crippen LogP contribution in [-0.4, -0.2) is 12.3 Å². The third kappa shape index (κ3) is 15.6. The van der Waals surface area contributed by atoms with Crippen LogP contribution in [0.1, 0.15) is 98.5 Å². The molecule has 0 atom stereocenters. The molecule has 176 valence electrons. The SMILES string of the molecule is CC(C)=CCC/C(C)=C/CC/C(C)=C/CC/C(C)=C/CCC(C)=NCCc1ccccc1. The molecule has 0 unspecified atom stereocenters. The van der Waals surface area contributed by atoms with Crippen molar-refractivity contribution in [2.45, 2.75) is 99.3 Å². The van der Waals surface area contributed by atoms with E-state index in [2.05, 4.69) is 96.2 Å². The van der Waals surface area contributed by atoms with Gasteiger partial charge in [0.25, 0.3) is 0 Å². The molecule has 0 bridgehead atoms. The van der Waals surface area contributed by atoms with Crippen molar-refractivity contribution >= 4 is 5.71 Å². The Bertz CT molecular complexity index is 783. The molecule has 1 aromatic rings. The van der Waals surface area contributed by atoms with Gasteiger partial charge in [-0.1, -0.05) is 76.9 Å². The van der Waals surface area contributed by atoms with Crippen LogP contribution >= 0.6 is 0 Å². The van der Waals surface area contributed by atoms with Gasteiger partial charge in [-0.2, -0.15) is 0 Å². The zero-order valence-electron chi connectivity index (χ0n) is 21.7. The number of benzene rings is 1. The lowest BCUT2D eigenvalue weighted by Gasteiger charge is -2.03. The highest BCUT2D eigenvalue weighted by Gasteiger charge is 1.96. The fourth-order valence-electron chi connectivity index (χ4n) is 3.61. The predicted molar refractivity (Wildman–Crippen MR) is 146 cm³/mol. The molecule has 0 heterocycles. The van der Waals surface area contributed by atoms with Gasteiger partial charge in [-0.3, -0.25) is 4.99 Å². The molecule has 1 nitrogen and oxygen atoms in total. The largest absolute Gasteiger partial charge is 0.294 e.